The van der Waals surface area contributed by atoms with Crippen molar-refractivity contribution in [3.05, 3.63) is 57.5 Å². The number of aliphatic hydroxyl groups is 1. The minimum absolute atomic E-state index is 0. The Kier molecular flexibility index (Phi) is 29.1. The van der Waals surface area contributed by atoms with Crippen LogP contribution in [0.25, 0.3) is 20.4 Å². The van der Waals surface area contributed by atoms with Gasteiger partial charge in [0.25, 0.3) is 0 Å². The summed E-state index contributed by atoms with van der Waals surface area (Å²) in [6.07, 6.45) is 2.04. The third kappa shape index (κ3) is 17.2. The van der Waals surface area contributed by atoms with E-state index in [-0.39, 0.29) is 29.9 Å². The number of nitriles is 1. The summed E-state index contributed by atoms with van der Waals surface area (Å²) in [5, 5.41) is 17.9. The van der Waals surface area contributed by atoms with Gasteiger partial charge in [0.2, 0.25) is 11.8 Å². The fourth-order valence-electron chi connectivity index (χ4n) is 3.47. The molecule has 0 saturated carbocycles. The van der Waals surface area contributed by atoms with Gasteiger partial charge in [-0.3, -0.25) is 19.4 Å². The second kappa shape index (κ2) is 28.4. The lowest BCUT2D eigenvalue weighted by atomic mass is 10.2. The van der Waals surface area contributed by atoms with Crippen LogP contribution in [-0.4, -0.2) is 93.0 Å². The van der Waals surface area contributed by atoms with E-state index < -0.39 is 30.0 Å². The number of aromatic nitrogens is 2. The molecule has 5 rings (SSSR count). The number of thiol groups is 2. The Bertz CT molecular complexity index is 1750. The van der Waals surface area contributed by atoms with Gasteiger partial charge in [-0.25, -0.2) is 9.97 Å². The topological polar surface area (TPSA) is 313 Å². The molecule has 1 aliphatic heterocycles. The first-order valence-corrected chi connectivity index (χ1v) is 18.5. The average molecular weight is 839 g/mol. The predicted octanol–water partition coefficient (Wildman–Crippen LogP) is 2.45. The third-order valence-electron chi connectivity index (χ3n) is 6.24. The number of aryl methyl sites for hydroxylation is 2. The third-order valence-corrected chi connectivity index (χ3v) is 10.2. The van der Waals surface area contributed by atoms with Gasteiger partial charge in [0.1, 0.15) is 28.2 Å². The number of rotatable bonds is 8. The first kappa shape index (κ1) is 53.3. The zero-order valence-corrected chi connectivity index (χ0v) is 34.2. The maximum atomic E-state index is 11.1. The molecule has 0 fully saturated rings. The van der Waals surface area contributed by atoms with Crippen molar-refractivity contribution >= 4 is 115 Å². The molecule has 0 saturated heterocycles. The molecule has 2 aromatic heterocycles. The van der Waals surface area contributed by atoms with E-state index in [2.05, 4.69) is 89.1 Å². The Morgan fingerprint density at radius 2 is 1.46 bits per heavy atom. The van der Waals surface area contributed by atoms with Crippen LogP contribution in [-0.2, 0) is 32.0 Å². The second-order valence-electron chi connectivity index (χ2n) is 9.63. The number of hydrogen-bond donors (Lipinski definition) is 8. The molecule has 0 bridgehead atoms. The predicted molar refractivity (Wildman–Crippen MR) is 224 cm³/mol. The zero-order chi connectivity index (χ0) is 37.1. The number of esters is 1. The molecule has 0 unspecified atom stereocenters. The zero-order valence-electron chi connectivity index (χ0n) is 29.1. The van der Waals surface area contributed by atoms with Crippen LogP contribution in [0.3, 0.4) is 0 Å². The molecule has 52 heavy (non-hydrogen) atoms. The fraction of sp³-hybridized carbons (Fsp3) is 0.387. The standard InChI is InChI=1S/C13H13N3OS2.C10H8N2S.C4H9NO2S.C3H8N2OS.CH4O.ClH.H3N.H2O/c1-2-7-3-4-8-10(5-7)19-13(15-8)12-16-9(6-18-12)11(14)17;1-2-7-3-4-8-9(5-7)13-10(6-11)12-8;1-7-4(6)3(5)2-8;4-2(1-7)3(5)6;1-2;;;/h3-5,9H,2,6H2,1H3,(H2,14,17);3-5H,2H2,1H3;3,8H,2,5H2,1H3;2,7H,1,4H2,(H2,5,6);2H,1H3;1H;1H3;1H2/t9-;;3-;2-;;;;/m1.11..../s1. The summed E-state index contributed by atoms with van der Waals surface area (Å²) in [6.45, 7) is 4.25. The van der Waals surface area contributed by atoms with Crippen molar-refractivity contribution in [2.24, 2.45) is 27.9 Å². The first-order valence-electron chi connectivity index (χ1n) is 14.6. The van der Waals surface area contributed by atoms with Gasteiger partial charge in [0.05, 0.1) is 33.6 Å². The van der Waals surface area contributed by atoms with Crippen molar-refractivity contribution in [2.75, 3.05) is 31.5 Å². The van der Waals surface area contributed by atoms with Gasteiger partial charge in [-0.05, 0) is 48.2 Å². The number of thiazole rings is 2. The van der Waals surface area contributed by atoms with Gasteiger partial charge < -0.3 is 44.4 Å². The number of benzene rings is 2. The highest BCUT2D eigenvalue weighted by molar-refractivity contribution is 8.15. The van der Waals surface area contributed by atoms with Crippen molar-refractivity contribution in [1.82, 2.24) is 16.1 Å². The number of carbonyl (C=O) groups excluding carboxylic acids is 3. The molecule has 0 aliphatic carbocycles. The van der Waals surface area contributed by atoms with Crippen molar-refractivity contribution in [3.63, 3.8) is 0 Å². The van der Waals surface area contributed by atoms with Gasteiger partial charge in [-0.15, -0.1) is 46.8 Å². The van der Waals surface area contributed by atoms with E-state index in [0.717, 1.165) is 45.7 Å². The highest BCUT2D eigenvalue weighted by Crippen LogP contribution is 2.30. The van der Waals surface area contributed by atoms with Crippen molar-refractivity contribution < 1.29 is 29.7 Å². The Labute approximate surface area is 332 Å². The van der Waals surface area contributed by atoms with Gasteiger partial charge in [-0.1, -0.05) is 26.0 Å². The molecule has 290 valence electrons. The summed E-state index contributed by atoms with van der Waals surface area (Å²) in [4.78, 5) is 44.5. The van der Waals surface area contributed by atoms with Crippen LogP contribution in [0, 0.1) is 11.3 Å². The smallest absolute Gasteiger partial charge is 0.323 e. The van der Waals surface area contributed by atoms with E-state index in [9.17, 15) is 14.4 Å². The Morgan fingerprint density at radius 1 is 0.962 bits per heavy atom. The fourth-order valence-corrected chi connectivity index (χ4v) is 6.77. The number of aliphatic hydroxyl groups excluding tert-OH is 1. The van der Waals surface area contributed by atoms with Crippen LogP contribution in [0.4, 0.5) is 0 Å². The molecule has 0 spiro atoms. The van der Waals surface area contributed by atoms with Crippen LogP contribution in [0.15, 0.2) is 41.4 Å². The van der Waals surface area contributed by atoms with Gasteiger partial charge in [0, 0.05) is 24.4 Å². The summed E-state index contributed by atoms with van der Waals surface area (Å²) in [5.74, 6) is -0.0186. The van der Waals surface area contributed by atoms with Crippen LogP contribution in [0.2, 0.25) is 0 Å². The molecule has 0 radical (unpaired) electrons. The molecule has 3 heterocycles. The van der Waals surface area contributed by atoms with Crippen LogP contribution >= 0.6 is 72.1 Å². The summed E-state index contributed by atoms with van der Waals surface area (Å²) in [5.41, 5.74) is 24.8. The molecular formula is C31H48ClN9O6S5. The molecule has 21 heteroatoms. The number of carbonyl (C=O) groups is 3. The number of ether oxygens (including phenoxy) is 1. The van der Waals surface area contributed by atoms with E-state index in [4.69, 9.17) is 33.3 Å². The molecule has 3 atom stereocenters. The molecule has 2 amide bonds. The number of hydrogen-bond acceptors (Lipinski definition) is 17. The van der Waals surface area contributed by atoms with Gasteiger partial charge >= 0.3 is 5.97 Å². The van der Waals surface area contributed by atoms with Crippen LogP contribution in [0.1, 0.15) is 35.0 Å². The molecule has 2 aromatic carbocycles. The summed E-state index contributed by atoms with van der Waals surface area (Å²) in [6, 6.07) is 12.9. The molecule has 14 N–H and O–H groups in total. The minimum atomic E-state index is -0.594. The van der Waals surface area contributed by atoms with Crippen molar-refractivity contribution in [3.8, 4) is 6.07 Å². The minimum Gasteiger partial charge on any atom is -0.468 e. The highest BCUT2D eigenvalue weighted by Gasteiger charge is 2.25. The highest BCUT2D eigenvalue weighted by atomic mass is 35.5. The number of nitrogens with zero attached hydrogens (tertiary/aromatic N) is 4. The quantitative estimate of drug-likeness (QED) is 0.0938. The number of aliphatic imine (C=N–C) groups is 1. The van der Waals surface area contributed by atoms with Crippen molar-refractivity contribution in [1.29, 1.82) is 5.26 Å². The number of halogens is 1. The maximum Gasteiger partial charge on any atom is 0.323 e. The summed E-state index contributed by atoms with van der Waals surface area (Å²) >= 11 is 12.1. The lowest BCUT2D eigenvalue weighted by molar-refractivity contribution is -0.141. The number of primary amides is 2. The van der Waals surface area contributed by atoms with Gasteiger partial charge in [0.15, 0.2) is 5.01 Å². The summed E-state index contributed by atoms with van der Waals surface area (Å²) in [7, 11) is 2.30. The monoisotopic (exact) mass is 837 g/mol. The first-order chi connectivity index (χ1) is 23.4. The van der Waals surface area contributed by atoms with E-state index >= 15 is 0 Å². The number of thioether (sulfide) groups is 1. The van der Waals surface area contributed by atoms with Gasteiger partial charge in [-0.2, -0.15) is 30.5 Å². The SMILES string of the molecule is CCc1ccc2nc(C#N)sc2c1.CCc1ccc2nc(C3=N[C@@H](C(N)=O)CS3)sc2c1.CO.COC(=O)[C@H](N)CS.Cl.N.NC(=O)[C@H](N)CS.O. The maximum absolute atomic E-state index is 11.1. The second-order valence-corrected chi connectivity index (χ2v) is 13.4. The van der Waals surface area contributed by atoms with Crippen LogP contribution < -0.4 is 29.1 Å². The van der Waals surface area contributed by atoms with Crippen molar-refractivity contribution in [2.45, 2.75) is 44.8 Å². The number of methoxy groups -OCH3 is 1. The lowest BCUT2D eigenvalue weighted by Crippen LogP contribution is -2.37. The molecule has 4 aromatic rings. The number of nitrogens with two attached hydrogens (primary N) is 4. The number of fused-ring (bicyclic) bond motifs is 2. The Balaban J connectivity index is -0.000000641. The van der Waals surface area contributed by atoms with Crippen LogP contribution in [0.5, 0.6) is 0 Å². The largest absolute Gasteiger partial charge is 0.468 e. The average Bonchev–Trinajstić information content (AvgIpc) is 3.89. The van der Waals surface area contributed by atoms with E-state index in [1.165, 1.54) is 34.3 Å². The van der Waals surface area contributed by atoms with E-state index in [0.29, 0.717) is 22.3 Å². The molecule has 15 nitrogen and oxygen atoms in total. The Morgan fingerprint density at radius 3 is 1.83 bits per heavy atom. The molecular weight excluding hydrogens is 790 g/mol. The van der Waals surface area contributed by atoms with E-state index in [1.807, 2.05) is 12.1 Å². The number of amides is 2. The normalized spacial score (nSPS) is 13.3. The Hall–Kier alpha value is -3.07. The summed E-state index contributed by atoms with van der Waals surface area (Å²) < 4.78 is 6.56. The lowest BCUT2D eigenvalue weighted by Gasteiger charge is -2.02. The van der Waals surface area contributed by atoms with E-state index in [1.54, 1.807) is 23.1 Å². The molecule has 1 aliphatic rings.